The van der Waals surface area contributed by atoms with E-state index in [1.54, 1.807) is 0 Å². The average molecular weight is 273 g/mol. The molecule has 102 valence electrons. The molecular formula is C11H19N3O3S. The molecule has 0 aliphatic rings. The highest BCUT2D eigenvalue weighted by atomic mass is 32.2. The molecule has 7 heteroatoms. The van der Waals surface area contributed by atoms with Gasteiger partial charge in [-0.3, -0.25) is 4.79 Å². The van der Waals surface area contributed by atoms with Crippen molar-refractivity contribution < 1.29 is 14.3 Å². The van der Waals surface area contributed by atoms with Crippen molar-refractivity contribution in [2.24, 2.45) is 5.73 Å². The zero-order chi connectivity index (χ0) is 13.8. The largest absolute Gasteiger partial charge is 0.480 e. The van der Waals surface area contributed by atoms with Crippen molar-refractivity contribution in [1.29, 1.82) is 0 Å². The summed E-state index contributed by atoms with van der Waals surface area (Å²) in [5.41, 5.74) is 5.24. The van der Waals surface area contributed by atoms with Crippen LogP contribution < -0.4 is 5.73 Å². The van der Waals surface area contributed by atoms with E-state index in [4.69, 9.17) is 15.3 Å². The maximum absolute atomic E-state index is 10.5. The van der Waals surface area contributed by atoms with Crippen LogP contribution in [0.5, 0.6) is 0 Å². The summed E-state index contributed by atoms with van der Waals surface area (Å²) < 4.78 is 5.51. The number of carboxylic acid groups (broad SMARTS) is 1. The highest BCUT2D eigenvalue weighted by molar-refractivity contribution is 7.98. The Morgan fingerprint density at radius 3 is 2.67 bits per heavy atom. The van der Waals surface area contributed by atoms with Crippen LogP contribution in [-0.2, 0) is 16.0 Å². The smallest absolute Gasteiger partial charge is 0.320 e. The van der Waals surface area contributed by atoms with Crippen molar-refractivity contribution in [2.75, 3.05) is 5.75 Å². The average Bonchev–Trinajstić information content (AvgIpc) is 2.72. The summed E-state index contributed by atoms with van der Waals surface area (Å²) in [6, 6.07) is -0.801. The Balaban J connectivity index is 2.32. The molecule has 0 saturated carbocycles. The summed E-state index contributed by atoms with van der Waals surface area (Å²) in [6.45, 7) is 6.01. The van der Waals surface area contributed by atoms with Crippen LogP contribution in [0, 0.1) is 0 Å². The minimum absolute atomic E-state index is 0.151. The van der Waals surface area contributed by atoms with E-state index in [0.29, 0.717) is 29.7 Å². The topological polar surface area (TPSA) is 102 Å². The highest BCUT2D eigenvalue weighted by Crippen LogP contribution is 2.22. The second kappa shape index (κ2) is 6.19. The van der Waals surface area contributed by atoms with Crippen molar-refractivity contribution in [3.05, 3.63) is 11.8 Å². The van der Waals surface area contributed by atoms with E-state index in [9.17, 15) is 4.79 Å². The molecule has 3 N–H and O–H groups in total. The van der Waals surface area contributed by atoms with Gasteiger partial charge in [0.1, 0.15) is 6.04 Å². The van der Waals surface area contributed by atoms with E-state index in [-0.39, 0.29) is 5.41 Å². The zero-order valence-electron chi connectivity index (χ0n) is 10.8. The number of aliphatic carboxylic acids is 1. The minimum Gasteiger partial charge on any atom is -0.480 e. The molecule has 0 spiro atoms. The summed E-state index contributed by atoms with van der Waals surface area (Å²) in [5.74, 6) is 1.44. The maximum Gasteiger partial charge on any atom is 0.320 e. The molecule has 1 heterocycles. The number of thioether (sulfide) groups is 1. The van der Waals surface area contributed by atoms with E-state index in [0.717, 1.165) is 0 Å². The number of hydrogen-bond acceptors (Lipinski definition) is 6. The molecule has 1 atom stereocenters. The molecule has 0 saturated heterocycles. The van der Waals surface area contributed by atoms with Gasteiger partial charge in [0, 0.05) is 5.41 Å². The number of aromatic nitrogens is 2. The van der Waals surface area contributed by atoms with Crippen LogP contribution in [0.3, 0.4) is 0 Å². The third-order valence-corrected chi connectivity index (χ3v) is 3.20. The fraction of sp³-hybridized carbons (Fsp3) is 0.727. The lowest BCUT2D eigenvalue weighted by molar-refractivity contribution is -0.138. The number of nitrogens with two attached hydrogens (primary N) is 1. The normalized spacial score (nSPS) is 13.6. The third kappa shape index (κ3) is 4.66. The maximum atomic E-state index is 10.5. The van der Waals surface area contributed by atoms with Crippen LogP contribution in [0.25, 0.3) is 0 Å². The van der Waals surface area contributed by atoms with Gasteiger partial charge in [0.25, 0.3) is 0 Å². The number of hydrogen-bond donors (Lipinski definition) is 2. The van der Waals surface area contributed by atoms with E-state index in [2.05, 4.69) is 10.2 Å². The Morgan fingerprint density at radius 1 is 1.50 bits per heavy atom. The van der Waals surface area contributed by atoms with Gasteiger partial charge in [-0.05, 0) is 12.2 Å². The second-order valence-electron chi connectivity index (χ2n) is 5.04. The molecule has 18 heavy (non-hydrogen) atoms. The monoisotopic (exact) mass is 273 g/mol. The van der Waals surface area contributed by atoms with Crippen molar-refractivity contribution in [1.82, 2.24) is 10.2 Å². The van der Waals surface area contributed by atoms with Crippen LogP contribution in [0.15, 0.2) is 4.42 Å². The lowest BCUT2D eigenvalue weighted by atomic mass is 9.97. The van der Waals surface area contributed by atoms with Crippen molar-refractivity contribution in [3.63, 3.8) is 0 Å². The molecule has 0 radical (unpaired) electrons. The van der Waals surface area contributed by atoms with Crippen molar-refractivity contribution >= 4 is 17.7 Å². The Hall–Kier alpha value is -1.08. The number of nitrogens with zero attached hydrogens (tertiary/aromatic N) is 2. The van der Waals surface area contributed by atoms with Gasteiger partial charge < -0.3 is 15.3 Å². The molecule has 1 unspecified atom stereocenters. The summed E-state index contributed by atoms with van der Waals surface area (Å²) in [6.07, 6.45) is 0.431. The van der Waals surface area contributed by atoms with Crippen molar-refractivity contribution in [3.8, 4) is 0 Å². The first-order valence-corrected chi connectivity index (χ1v) is 6.85. The quantitative estimate of drug-likeness (QED) is 0.755. The molecule has 0 amide bonds. The van der Waals surface area contributed by atoms with Gasteiger partial charge in [-0.25, -0.2) is 0 Å². The molecule has 1 aromatic rings. The van der Waals surface area contributed by atoms with Gasteiger partial charge >= 0.3 is 5.97 Å². The van der Waals surface area contributed by atoms with E-state index < -0.39 is 12.0 Å². The Morgan fingerprint density at radius 2 is 2.17 bits per heavy atom. The van der Waals surface area contributed by atoms with Crippen LogP contribution in [0.1, 0.15) is 39.0 Å². The Kier molecular flexibility index (Phi) is 5.15. The molecule has 0 aliphatic heterocycles. The molecule has 1 rings (SSSR count). The third-order valence-electron chi connectivity index (χ3n) is 2.22. The van der Waals surface area contributed by atoms with Crippen LogP contribution in [0.2, 0.25) is 0 Å². The summed E-state index contributed by atoms with van der Waals surface area (Å²) in [7, 11) is 0. The number of carboxylic acids is 1. The fourth-order valence-electron chi connectivity index (χ4n) is 1.11. The molecule has 1 aromatic heterocycles. The van der Waals surface area contributed by atoms with E-state index in [1.165, 1.54) is 11.8 Å². The minimum atomic E-state index is -0.969. The predicted octanol–water partition coefficient (Wildman–Crippen LogP) is 1.40. The lowest BCUT2D eigenvalue weighted by Crippen LogP contribution is -2.30. The first-order chi connectivity index (χ1) is 8.30. The molecule has 0 fully saturated rings. The van der Waals surface area contributed by atoms with Gasteiger partial charge in [0.05, 0.1) is 5.75 Å². The van der Waals surface area contributed by atoms with Gasteiger partial charge in [0.2, 0.25) is 11.8 Å². The SMILES string of the molecule is CC(C)(C)c1nnc(CSCCC(N)C(=O)O)o1. The Bertz CT molecular complexity index is 400. The second-order valence-corrected chi connectivity index (χ2v) is 6.14. The van der Waals surface area contributed by atoms with Crippen molar-refractivity contribution in [2.45, 2.75) is 44.4 Å². The molecule has 0 aromatic carbocycles. The van der Waals surface area contributed by atoms with Crippen LogP contribution >= 0.6 is 11.8 Å². The molecule has 6 nitrogen and oxygen atoms in total. The molecule has 0 bridgehead atoms. The van der Waals surface area contributed by atoms with Gasteiger partial charge in [-0.1, -0.05) is 20.8 Å². The van der Waals surface area contributed by atoms with Crippen LogP contribution in [-0.4, -0.2) is 33.1 Å². The molecular weight excluding hydrogens is 254 g/mol. The summed E-state index contributed by atoms with van der Waals surface area (Å²) >= 11 is 1.54. The summed E-state index contributed by atoms with van der Waals surface area (Å²) in [5, 5.41) is 16.5. The first-order valence-electron chi connectivity index (χ1n) is 5.69. The first kappa shape index (κ1) is 15.0. The fourth-order valence-corrected chi connectivity index (χ4v) is 1.96. The lowest BCUT2D eigenvalue weighted by Gasteiger charge is -2.10. The van der Waals surface area contributed by atoms with Gasteiger partial charge in [0.15, 0.2) is 0 Å². The zero-order valence-corrected chi connectivity index (χ0v) is 11.7. The predicted molar refractivity (Wildman–Crippen MR) is 69.4 cm³/mol. The Labute approximate surface area is 110 Å². The highest BCUT2D eigenvalue weighted by Gasteiger charge is 2.21. The number of carbonyl (C=O) groups is 1. The van der Waals surface area contributed by atoms with Gasteiger partial charge in [-0.2, -0.15) is 11.8 Å². The van der Waals surface area contributed by atoms with Gasteiger partial charge in [-0.15, -0.1) is 10.2 Å². The van der Waals surface area contributed by atoms with E-state index in [1.807, 2.05) is 20.8 Å². The standard InChI is InChI=1S/C11H19N3O3S/c1-11(2,3)10-14-13-8(17-10)6-18-5-4-7(12)9(15)16/h7H,4-6,12H2,1-3H3,(H,15,16). The van der Waals surface area contributed by atoms with E-state index >= 15 is 0 Å². The molecule has 0 aliphatic carbocycles. The summed E-state index contributed by atoms with van der Waals surface area (Å²) in [4.78, 5) is 10.5. The van der Waals surface area contributed by atoms with Crippen LogP contribution in [0.4, 0.5) is 0 Å². The number of rotatable bonds is 6.